The van der Waals surface area contributed by atoms with E-state index in [2.05, 4.69) is 4.98 Å². The van der Waals surface area contributed by atoms with Crippen molar-refractivity contribution in [1.29, 1.82) is 0 Å². The summed E-state index contributed by atoms with van der Waals surface area (Å²) >= 11 is 5.74. The van der Waals surface area contributed by atoms with Gasteiger partial charge in [0.2, 0.25) is 0 Å². The minimum absolute atomic E-state index is 0.242. The van der Waals surface area contributed by atoms with Crippen molar-refractivity contribution in [2.24, 2.45) is 0 Å². The summed E-state index contributed by atoms with van der Waals surface area (Å²) in [4.78, 5) is 15.5. The summed E-state index contributed by atoms with van der Waals surface area (Å²) in [6, 6.07) is 11.0. The van der Waals surface area contributed by atoms with Crippen LogP contribution < -0.4 is 0 Å². The Morgan fingerprint density at radius 2 is 2.00 bits per heavy atom. The predicted octanol–water partition coefficient (Wildman–Crippen LogP) is 3.09. The van der Waals surface area contributed by atoms with Gasteiger partial charge in [0.1, 0.15) is 6.61 Å². The fourth-order valence-electron chi connectivity index (χ4n) is 1.33. The monoisotopic (exact) mass is 247 g/mol. The number of carbonyl (C=O) groups excluding carboxylic acids is 1. The lowest BCUT2D eigenvalue weighted by Crippen LogP contribution is -2.05. The molecule has 0 aliphatic rings. The van der Waals surface area contributed by atoms with E-state index in [1.807, 2.05) is 30.3 Å². The number of ether oxygens (including phenoxy) is 1. The van der Waals surface area contributed by atoms with Crippen molar-refractivity contribution in [3.05, 3.63) is 64.9 Å². The first-order valence-corrected chi connectivity index (χ1v) is 5.45. The molecule has 17 heavy (non-hydrogen) atoms. The molecule has 2 rings (SSSR count). The van der Waals surface area contributed by atoms with Crippen LogP contribution in [0.15, 0.2) is 48.8 Å². The van der Waals surface area contributed by atoms with Crippen molar-refractivity contribution in [3.8, 4) is 0 Å². The molecule has 1 heterocycles. The molecule has 86 valence electrons. The van der Waals surface area contributed by atoms with E-state index in [4.69, 9.17) is 16.3 Å². The molecule has 0 N–H and O–H groups in total. The zero-order chi connectivity index (χ0) is 12.1. The van der Waals surface area contributed by atoms with Crippen LogP contribution in [0.4, 0.5) is 0 Å². The van der Waals surface area contributed by atoms with Crippen molar-refractivity contribution < 1.29 is 9.53 Å². The second-order valence-corrected chi connectivity index (χ2v) is 3.89. The van der Waals surface area contributed by atoms with E-state index in [0.29, 0.717) is 10.6 Å². The van der Waals surface area contributed by atoms with Crippen LogP contribution in [-0.4, -0.2) is 11.0 Å². The number of hydrogen-bond acceptors (Lipinski definition) is 3. The molecule has 2 aromatic rings. The Bertz CT molecular complexity index is 514. The summed E-state index contributed by atoms with van der Waals surface area (Å²) in [6.45, 7) is 0.242. The van der Waals surface area contributed by atoms with Crippen LogP contribution in [0.1, 0.15) is 15.9 Å². The van der Waals surface area contributed by atoms with Gasteiger partial charge in [-0.25, -0.2) is 4.79 Å². The fraction of sp³-hybridized carbons (Fsp3) is 0.0769. The first kappa shape index (κ1) is 11.6. The molecule has 0 saturated carbocycles. The second-order valence-electron chi connectivity index (χ2n) is 3.45. The third-order valence-electron chi connectivity index (χ3n) is 2.15. The molecule has 0 aliphatic heterocycles. The largest absolute Gasteiger partial charge is 0.457 e. The molecular formula is C13H10ClNO2. The number of benzene rings is 1. The van der Waals surface area contributed by atoms with Crippen molar-refractivity contribution in [1.82, 2.24) is 4.98 Å². The van der Waals surface area contributed by atoms with Crippen LogP contribution in [0.5, 0.6) is 0 Å². The normalized spacial score (nSPS) is 9.94. The van der Waals surface area contributed by atoms with Crippen molar-refractivity contribution in [2.75, 3.05) is 0 Å². The number of rotatable bonds is 3. The van der Waals surface area contributed by atoms with E-state index in [0.717, 1.165) is 5.56 Å². The van der Waals surface area contributed by atoms with Gasteiger partial charge < -0.3 is 4.74 Å². The summed E-state index contributed by atoms with van der Waals surface area (Å²) in [7, 11) is 0. The minimum atomic E-state index is -0.427. The van der Waals surface area contributed by atoms with E-state index < -0.39 is 5.97 Å². The lowest BCUT2D eigenvalue weighted by Gasteiger charge is -2.04. The third kappa shape index (κ3) is 3.29. The first-order chi connectivity index (χ1) is 8.25. The Morgan fingerprint density at radius 1 is 1.24 bits per heavy atom. The summed E-state index contributed by atoms with van der Waals surface area (Å²) in [5, 5.41) is 0.416. The van der Waals surface area contributed by atoms with Crippen LogP contribution in [0.3, 0.4) is 0 Å². The van der Waals surface area contributed by atoms with E-state index in [9.17, 15) is 4.79 Å². The fourth-order valence-corrected chi connectivity index (χ4v) is 1.50. The predicted molar refractivity (Wildman–Crippen MR) is 64.8 cm³/mol. The van der Waals surface area contributed by atoms with Crippen LogP contribution in [0, 0.1) is 0 Å². The standard InChI is InChI=1S/C13H10ClNO2/c14-12-6-11(7-15-8-12)13(16)17-9-10-4-2-1-3-5-10/h1-8H,9H2. The molecule has 3 nitrogen and oxygen atoms in total. The number of esters is 1. The number of pyridine rings is 1. The van der Waals surface area contributed by atoms with Gasteiger partial charge in [0.05, 0.1) is 10.6 Å². The van der Waals surface area contributed by atoms with E-state index >= 15 is 0 Å². The Morgan fingerprint density at radius 3 is 2.71 bits per heavy atom. The lowest BCUT2D eigenvalue weighted by atomic mass is 10.2. The maximum absolute atomic E-state index is 11.6. The molecule has 0 bridgehead atoms. The number of hydrogen-bond donors (Lipinski definition) is 0. The van der Waals surface area contributed by atoms with Crippen LogP contribution in [0.25, 0.3) is 0 Å². The SMILES string of the molecule is O=C(OCc1ccccc1)c1cncc(Cl)c1. The smallest absolute Gasteiger partial charge is 0.340 e. The highest BCUT2D eigenvalue weighted by Crippen LogP contribution is 2.10. The molecule has 1 aromatic heterocycles. The highest BCUT2D eigenvalue weighted by atomic mass is 35.5. The zero-order valence-corrected chi connectivity index (χ0v) is 9.72. The lowest BCUT2D eigenvalue weighted by molar-refractivity contribution is 0.0472. The summed E-state index contributed by atoms with van der Waals surface area (Å²) in [5.74, 6) is -0.427. The maximum atomic E-state index is 11.6. The van der Waals surface area contributed by atoms with Gasteiger partial charge in [-0.05, 0) is 11.6 Å². The topological polar surface area (TPSA) is 39.2 Å². The van der Waals surface area contributed by atoms with Gasteiger partial charge in [-0.15, -0.1) is 0 Å². The quantitative estimate of drug-likeness (QED) is 0.783. The van der Waals surface area contributed by atoms with E-state index in [1.54, 1.807) is 0 Å². The Kier molecular flexibility index (Phi) is 3.73. The van der Waals surface area contributed by atoms with Gasteiger partial charge in [0.15, 0.2) is 0 Å². The van der Waals surface area contributed by atoms with Crippen LogP contribution in [-0.2, 0) is 11.3 Å². The minimum Gasteiger partial charge on any atom is -0.457 e. The zero-order valence-electron chi connectivity index (χ0n) is 8.97. The number of carbonyl (C=O) groups is 1. The molecule has 0 unspecified atom stereocenters. The summed E-state index contributed by atoms with van der Waals surface area (Å²) in [5.41, 5.74) is 1.30. The van der Waals surface area contributed by atoms with Gasteiger partial charge in [0.25, 0.3) is 0 Å². The Hall–Kier alpha value is -1.87. The molecule has 0 aliphatic carbocycles. The van der Waals surface area contributed by atoms with Gasteiger partial charge >= 0.3 is 5.97 Å². The second kappa shape index (κ2) is 5.46. The highest BCUT2D eigenvalue weighted by Gasteiger charge is 2.08. The van der Waals surface area contributed by atoms with Gasteiger partial charge in [-0.1, -0.05) is 41.9 Å². The van der Waals surface area contributed by atoms with E-state index in [-0.39, 0.29) is 6.61 Å². The average Bonchev–Trinajstić information content (AvgIpc) is 2.37. The molecule has 0 saturated heterocycles. The molecule has 0 fully saturated rings. The maximum Gasteiger partial charge on any atom is 0.340 e. The molecule has 4 heteroatoms. The van der Waals surface area contributed by atoms with Crippen LogP contribution in [0.2, 0.25) is 5.02 Å². The van der Waals surface area contributed by atoms with Crippen molar-refractivity contribution in [2.45, 2.75) is 6.61 Å². The van der Waals surface area contributed by atoms with E-state index in [1.165, 1.54) is 18.5 Å². The Labute approximate surface area is 104 Å². The number of aromatic nitrogens is 1. The first-order valence-electron chi connectivity index (χ1n) is 5.07. The molecular weight excluding hydrogens is 238 g/mol. The molecule has 1 aromatic carbocycles. The van der Waals surface area contributed by atoms with Crippen molar-refractivity contribution in [3.63, 3.8) is 0 Å². The molecule has 0 atom stereocenters. The van der Waals surface area contributed by atoms with Gasteiger partial charge in [-0.2, -0.15) is 0 Å². The number of nitrogens with zero attached hydrogens (tertiary/aromatic N) is 1. The van der Waals surface area contributed by atoms with Crippen molar-refractivity contribution >= 4 is 17.6 Å². The average molecular weight is 248 g/mol. The number of halogens is 1. The summed E-state index contributed by atoms with van der Waals surface area (Å²) in [6.07, 6.45) is 2.90. The highest BCUT2D eigenvalue weighted by molar-refractivity contribution is 6.30. The Balaban J connectivity index is 1.98. The van der Waals surface area contributed by atoms with Gasteiger partial charge in [0, 0.05) is 12.4 Å². The molecule has 0 amide bonds. The molecule has 0 radical (unpaired) electrons. The third-order valence-corrected chi connectivity index (χ3v) is 2.36. The van der Waals surface area contributed by atoms with Crippen LogP contribution >= 0.6 is 11.6 Å². The molecule has 0 spiro atoms. The summed E-state index contributed by atoms with van der Waals surface area (Å²) < 4.78 is 5.13. The van der Waals surface area contributed by atoms with Gasteiger partial charge in [-0.3, -0.25) is 4.98 Å².